The first-order chi connectivity index (χ1) is 7.24. The van der Waals surface area contributed by atoms with Gasteiger partial charge in [0.15, 0.2) is 0 Å². The van der Waals surface area contributed by atoms with Crippen molar-refractivity contribution in [2.24, 2.45) is 5.92 Å². The van der Waals surface area contributed by atoms with Crippen LogP contribution < -0.4 is 4.74 Å². The second-order valence-electron chi connectivity index (χ2n) is 4.46. The van der Waals surface area contributed by atoms with Crippen LogP contribution in [0.4, 0.5) is 4.39 Å². The van der Waals surface area contributed by atoms with Gasteiger partial charge in [-0.1, -0.05) is 13.0 Å². The zero-order chi connectivity index (χ0) is 10.7. The van der Waals surface area contributed by atoms with Gasteiger partial charge in [0.2, 0.25) is 0 Å². The Morgan fingerprint density at radius 3 is 2.60 bits per heavy atom. The summed E-state index contributed by atoms with van der Waals surface area (Å²) in [6, 6.07) is 6.41. The number of halogens is 1. The molecule has 0 spiro atoms. The predicted molar refractivity (Wildman–Crippen MR) is 58.4 cm³/mol. The molecule has 0 radical (unpaired) electrons. The molecular weight excluding hydrogens is 191 g/mol. The Hall–Kier alpha value is -1.05. The van der Waals surface area contributed by atoms with E-state index in [1.165, 1.54) is 25.0 Å². The predicted octanol–water partition coefficient (Wildman–Crippen LogP) is 3.78. The highest BCUT2D eigenvalue weighted by Crippen LogP contribution is 2.27. The lowest BCUT2D eigenvalue weighted by Crippen LogP contribution is -2.23. The van der Waals surface area contributed by atoms with Gasteiger partial charge in [-0.25, -0.2) is 4.39 Å². The molecule has 1 fully saturated rings. The fourth-order valence-corrected chi connectivity index (χ4v) is 2.08. The van der Waals surface area contributed by atoms with Gasteiger partial charge in [0.1, 0.15) is 11.6 Å². The van der Waals surface area contributed by atoms with Crippen LogP contribution in [0.3, 0.4) is 0 Å². The second-order valence-corrected chi connectivity index (χ2v) is 4.46. The highest BCUT2D eigenvalue weighted by atomic mass is 19.1. The minimum Gasteiger partial charge on any atom is -0.490 e. The first-order valence-electron chi connectivity index (χ1n) is 5.66. The van der Waals surface area contributed by atoms with Crippen molar-refractivity contribution in [1.82, 2.24) is 0 Å². The average molecular weight is 208 g/mol. The van der Waals surface area contributed by atoms with Crippen LogP contribution in [0.25, 0.3) is 0 Å². The minimum absolute atomic E-state index is 0.225. The molecule has 2 rings (SSSR count). The Kier molecular flexibility index (Phi) is 3.24. The van der Waals surface area contributed by atoms with Gasteiger partial charge in [0.05, 0.1) is 6.10 Å². The van der Waals surface area contributed by atoms with E-state index in [4.69, 9.17) is 4.74 Å². The monoisotopic (exact) mass is 208 g/mol. The second kappa shape index (κ2) is 4.65. The maximum absolute atomic E-state index is 12.9. The molecule has 0 atom stereocenters. The zero-order valence-electron chi connectivity index (χ0n) is 9.08. The number of hydrogen-bond acceptors (Lipinski definition) is 1. The molecule has 0 unspecified atom stereocenters. The van der Waals surface area contributed by atoms with Crippen molar-refractivity contribution < 1.29 is 9.13 Å². The molecule has 0 amide bonds. The fourth-order valence-electron chi connectivity index (χ4n) is 2.08. The molecule has 0 bridgehead atoms. The van der Waals surface area contributed by atoms with Gasteiger partial charge < -0.3 is 4.74 Å². The zero-order valence-corrected chi connectivity index (χ0v) is 9.08. The third kappa shape index (κ3) is 2.95. The SMILES string of the molecule is CC1CCC(Oc2cccc(F)c2)CC1. The molecule has 1 saturated carbocycles. The third-order valence-electron chi connectivity index (χ3n) is 3.06. The number of benzene rings is 1. The summed E-state index contributed by atoms with van der Waals surface area (Å²) in [7, 11) is 0. The standard InChI is InChI=1S/C13H17FO/c1-10-5-7-12(8-6-10)15-13-4-2-3-11(14)9-13/h2-4,9-10,12H,5-8H2,1H3. The van der Waals surface area contributed by atoms with E-state index < -0.39 is 0 Å². The van der Waals surface area contributed by atoms with E-state index in [1.807, 2.05) is 6.07 Å². The van der Waals surface area contributed by atoms with E-state index >= 15 is 0 Å². The van der Waals surface area contributed by atoms with Crippen LogP contribution in [-0.2, 0) is 0 Å². The van der Waals surface area contributed by atoms with Crippen LogP contribution in [0.15, 0.2) is 24.3 Å². The Morgan fingerprint density at radius 1 is 1.20 bits per heavy atom. The summed E-state index contributed by atoms with van der Waals surface area (Å²) in [4.78, 5) is 0. The molecule has 1 aliphatic carbocycles. The van der Waals surface area contributed by atoms with Gasteiger partial charge >= 0.3 is 0 Å². The Bertz CT molecular complexity index is 316. The van der Waals surface area contributed by atoms with Crippen LogP contribution in [0, 0.1) is 11.7 Å². The third-order valence-corrected chi connectivity index (χ3v) is 3.06. The van der Waals surface area contributed by atoms with E-state index in [9.17, 15) is 4.39 Å². The van der Waals surface area contributed by atoms with E-state index in [-0.39, 0.29) is 11.9 Å². The lowest BCUT2D eigenvalue weighted by Gasteiger charge is -2.26. The topological polar surface area (TPSA) is 9.23 Å². The Labute approximate surface area is 90.3 Å². The summed E-state index contributed by atoms with van der Waals surface area (Å²) in [6.07, 6.45) is 4.91. The molecule has 1 nitrogen and oxygen atoms in total. The maximum atomic E-state index is 12.9. The largest absolute Gasteiger partial charge is 0.490 e. The van der Waals surface area contributed by atoms with Crippen molar-refractivity contribution in [2.75, 3.05) is 0 Å². The highest BCUT2D eigenvalue weighted by Gasteiger charge is 2.19. The van der Waals surface area contributed by atoms with Crippen molar-refractivity contribution in [3.05, 3.63) is 30.1 Å². The lowest BCUT2D eigenvalue weighted by atomic mass is 9.89. The van der Waals surface area contributed by atoms with E-state index in [1.54, 1.807) is 6.07 Å². The fraction of sp³-hybridized carbons (Fsp3) is 0.538. The summed E-state index contributed by atoms with van der Waals surface area (Å²) in [5, 5.41) is 0. The van der Waals surface area contributed by atoms with Gasteiger partial charge in [-0.15, -0.1) is 0 Å². The summed E-state index contributed by atoms with van der Waals surface area (Å²) >= 11 is 0. The van der Waals surface area contributed by atoms with Crippen LogP contribution in [0.1, 0.15) is 32.6 Å². The molecule has 82 valence electrons. The van der Waals surface area contributed by atoms with Gasteiger partial charge in [-0.3, -0.25) is 0 Å². The van der Waals surface area contributed by atoms with Gasteiger partial charge in [0, 0.05) is 6.07 Å². The van der Waals surface area contributed by atoms with Crippen molar-refractivity contribution in [2.45, 2.75) is 38.7 Å². The van der Waals surface area contributed by atoms with Crippen molar-refractivity contribution in [3.63, 3.8) is 0 Å². The average Bonchev–Trinajstić information content (AvgIpc) is 2.22. The molecular formula is C13H17FO. The van der Waals surface area contributed by atoms with Crippen molar-refractivity contribution >= 4 is 0 Å². The van der Waals surface area contributed by atoms with Gasteiger partial charge in [-0.2, -0.15) is 0 Å². The van der Waals surface area contributed by atoms with Crippen LogP contribution in [-0.4, -0.2) is 6.10 Å². The van der Waals surface area contributed by atoms with Crippen LogP contribution >= 0.6 is 0 Å². The minimum atomic E-state index is -0.225. The van der Waals surface area contributed by atoms with Gasteiger partial charge in [0.25, 0.3) is 0 Å². The molecule has 0 aromatic heterocycles. The normalized spacial score (nSPS) is 26.3. The first-order valence-corrected chi connectivity index (χ1v) is 5.66. The first kappa shape index (κ1) is 10.5. The summed E-state index contributed by atoms with van der Waals surface area (Å²) in [5.74, 6) is 1.25. The summed E-state index contributed by atoms with van der Waals surface area (Å²) in [5.41, 5.74) is 0. The molecule has 1 aliphatic rings. The van der Waals surface area contributed by atoms with E-state index in [0.29, 0.717) is 5.75 Å². The molecule has 0 heterocycles. The molecule has 0 saturated heterocycles. The quantitative estimate of drug-likeness (QED) is 0.718. The maximum Gasteiger partial charge on any atom is 0.126 e. The molecule has 0 aliphatic heterocycles. The summed E-state index contributed by atoms with van der Waals surface area (Å²) in [6.45, 7) is 2.28. The number of hydrogen-bond donors (Lipinski definition) is 0. The molecule has 1 aromatic carbocycles. The van der Waals surface area contributed by atoms with E-state index in [0.717, 1.165) is 18.8 Å². The number of rotatable bonds is 2. The molecule has 2 heteroatoms. The number of ether oxygens (including phenoxy) is 1. The molecule has 0 N–H and O–H groups in total. The molecule has 15 heavy (non-hydrogen) atoms. The smallest absolute Gasteiger partial charge is 0.126 e. The molecule has 1 aromatic rings. The van der Waals surface area contributed by atoms with Crippen LogP contribution in [0.5, 0.6) is 5.75 Å². The Balaban J connectivity index is 1.92. The van der Waals surface area contributed by atoms with Crippen molar-refractivity contribution in [3.8, 4) is 5.75 Å². The van der Waals surface area contributed by atoms with Crippen molar-refractivity contribution in [1.29, 1.82) is 0 Å². The summed E-state index contributed by atoms with van der Waals surface area (Å²) < 4.78 is 18.6. The van der Waals surface area contributed by atoms with Gasteiger partial charge in [-0.05, 0) is 43.7 Å². The van der Waals surface area contributed by atoms with Crippen LogP contribution in [0.2, 0.25) is 0 Å². The lowest BCUT2D eigenvalue weighted by molar-refractivity contribution is 0.135. The Morgan fingerprint density at radius 2 is 1.93 bits per heavy atom. The highest BCUT2D eigenvalue weighted by molar-refractivity contribution is 5.22. The van der Waals surface area contributed by atoms with E-state index in [2.05, 4.69) is 6.92 Å².